The number of likely N-dealkylation sites (tertiary alicyclic amines) is 1. The zero-order valence-electron chi connectivity index (χ0n) is 12.1. The van der Waals surface area contributed by atoms with Gasteiger partial charge in [-0.25, -0.2) is 0 Å². The van der Waals surface area contributed by atoms with Crippen molar-refractivity contribution >= 4 is 0 Å². The van der Waals surface area contributed by atoms with Gasteiger partial charge in [0.05, 0.1) is 0 Å². The van der Waals surface area contributed by atoms with Gasteiger partial charge < -0.3 is 10.2 Å². The monoisotopic (exact) mass is 250 g/mol. The van der Waals surface area contributed by atoms with E-state index in [0.29, 0.717) is 5.41 Å². The van der Waals surface area contributed by atoms with Crippen molar-refractivity contribution in [2.45, 2.75) is 51.9 Å². The summed E-state index contributed by atoms with van der Waals surface area (Å²) in [5.41, 5.74) is 0.599. The largest absolute Gasteiger partial charge is 0.316 e. The Morgan fingerprint density at radius 3 is 2.72 bits per heavy atom. The molecule has 0 aromatic carbocycles. The van der Waals surface area contributed by atoms with Crippen LogP contribution in [0.15, 0.2) is 0 Å². The zero-order chi connectivity index (χ0) is 12.4. The first kappa shape index (κ1) is 12.9. The van der Waals surface area contributed by atoms with Crippen molar-refractivity contribution in [3.63, 3.8) is 0 Å². The lowest BCUT2D eigenvalue weighted by molar-refractivity contribution is 0.0550. The molecule has 0 amide bonds. The molecule has 2 nitrogen and oxygen atoms in total. The van der Waals surface area contributed by atoms with Gasteiger partial charge in [0.1, 0.15) is 0 Å². The summed E-state index contributed by atoms with van der Waals surface area (Å²) in [5, 5.41) is 3.58. The van der Waals surface area contributed by atoms with Gasteiger partial charge in [-0.2, -0.15) is 0 Å². The van der Waals surface area contributed by atoms with E-state index in [1.807, 2.05) is 0 Å². The standard InChI is InChI=1S/C16H30N2/c1-2-16(8-9-17-12-16)13-18-10-7-14-5-3-4-6-15(14)11-18/h14-15,17H,2-13H2,1H3. The van der Waals surface area contributed by atoms with E-state index in [-0.39, 0.29) is 0 Å². The molecule has 1 saturated carbocycles. The maximum atomic E-state index is 3.58. The first-order valence-electron chi connectivity index (χ1n) is 8.24. The Balaban J connectivity index is 1.57. The third-order valence-electron chi connectivity index (χ3n) is 6.02. The fraction of sp³-hybridized carbons (Fsp3) is 1.00. The highest BCUT2D eigenvalue weighted by molar-refractivity contribution is 4.92. The van der Waals surface area contributed by atoms with Gasteiger partial charge in [0.25, 0.3) is 0 Å². The van der Waals surface area contributed by atoms with E-state index in [2.05, 4.69) is 17.1 Å². The number of fused-ring (bicyclic) bond motifs is 1. The van der Waals surface area contributed by atoms with Crippen LogP contribution in [0.25, 0.3) is 0 Å². The molecule has 0 aromatic rings. The Morgan fingerprint density at radius 2 is 2.00 bits per heavy atom. The number of nitrogens with one attached hydrogen (secondary N) is 1. The maximum Gasteiger partial charge on any atom is 0.00506 e. The van der Waals surface area contributed by atoms with E-state index in [4.69, 9.17) is 0 Å². The van der Waals surface area contributed by atoms with Crippen molar-refractivity contribution < 1.29 is 0 Å². The fourth-order valence-corrected chi connectivity index (χ4v) is 4.64. The predicted molar refractivity (Wildman–Crippen MR) is 76.7 cm³/mol. The second-order valence-electron chi connectivity index (χ2n) is 7.11. The molecule has 3 unspecified atom stereocenters. The van der Waals surface area contributed by atoms with Crippen LogP contribution in [0.2, 0.25) is 0 Å². The normalized spacial score (nSPS) is 41.8. The van der Waals surface area contributed by atoms with Crippen LogP contribution in [0.5, 0.6) is 0 Å². The first-order valence-corrected chi connectivity index (χ1v) is 8.24. The maximum absolute atomic E-state index is 3.58. The molecule has 1 N–H and O–H groups in total. The van der Waals surface area contributed by atoms with Gasteiger partial charge in [0.2, 0.25) is 0 Å². The van der Waals surface area contributed by atoms with Crippen molar-refractivity contribution in [2.24, 2.45) is 17.3 Å². The molecule has 0 radical (unpaired) electrons. The van der Waals surface area contributed by atoms with Crippen LogP contribution < -0.4 is 5.32 Å². The molecule has 3 rings (SSSR count). The van der Waals surface area contributed by atoms with Crippen LogP contribution in [0.4, 0.5) is 0 Å². The minimum atomic E-state index is 0.599. The van der Waals surface area contributed by atoms with Crippen molar-refractivity contribution in [3.05, 3.63) is 0 Å². The van der Waals surface area contributed by atoms with Gasteiger partial charge in [-0.1, -0.05) is 26.2 Å². The summed E-state index contributed by atoms with van der Waals surface area (Å²) in [6.07, 6.45) is 10.3. The summed E-state index contributed by atoms with van der Waals surface area (Å²) < 4.78 is 0. The van der Waals surface area contributed by atoms with Crippen molar-refractivity contribution in [1.82, 2.24) is 10.2 Å². The molecule has 0 aromatic heterocycles. The number of nitrogens with zero attached hydrogens (tertiary/aromatic N) is 1. The zero-order valence-corrected chi connectivity index (χ0v) is 12.1. The predicted octanol–water partition coefficient (Wildman–Crippen LogP) is 2.89. The number of piperidine rings is 1. The van der Waals surface area contributed by atoms with Crippen molar-refractivity contribution in [1.29, 1.82) is 0 Å². The molecule has 0 bridgehead atoms. The molecular formula is C16H30N2. The van der Waals surface area contributed by atoms with E-state index < -0.39 is 0 Å². The highest BCUT2D eigenvalue weighted by Gasteiger charge is 2.37. The second kappa shape index (κ2) is 5.50. The van der Waals surface area contributed by atoms with Crippen LogP contribution in [-0.2, 0) is 0 Å². The summed E-state index contributed by atoms with van der Waals surface area (Å²) in [4.78, 5) is 2.81. The molecular weight excluding hydrogens is 220 g/mol. The Morgan fingerprint density at radius 1 is 1.17 bits per heavy atom. The fourth-order valence-electron chi connectivity index (χ4n) is 4.64. The third kappa shape index (κ3) is 2.60. The van der Waals surface area contributed by atoms with Gasteiger partial charge >= 0.3 is 0 Å². The molecule has 2 heteroatoms. The molecule has 3 atom stereocenters. The van der Waals surface area contributed by atoms with Crippen molar-refractivity contribution in [2.75, 3.05) is 32.7 Å². The van der Waals surface area contributed by atoms with E-state index in [1.165, 1.54) is 77.7 Å². The molecule has 2 aliphatic heterocycles. The summed E-state index contributed by atoms with van der Waals surface area (Å²) >= 11 is 0. The minimum absolute atomic E-state index is 0.599. The summed E-state index contributed by atoms with van der Waals surface area (Å²) in [6, 6.07) is 0. The molecule has 104 valence electrons. The van der Waals surface area contributed by atoms with Gasteiger partial charge in [0.15, 0.2) is 0 Å². The van der Waals surface area contributed by atoms with Gasteiger partial charge in [-0.15, -0.1) is 0 Å². The van der Waals surface area contributed by atoms with Crippen LogP contribution in [0, 0.1) is 17.3 Å². The van der Waals surface area contributed by atoms with Crippen LogP contribution in [0.1, 0.15) is 51.9 Å². The van der Waals surface area contributed by atoms with E-state index >= 15 is 0 Å². The molecule has 3 aliphatic rings. The lowest BCUT2D eigenvalue weighted by atomic mass is 9.74. The van der Waals surface area contributed by atoms with Gasteiger partial charge in [-0.3, -0.25) is 0 Å². The molecule has 2 saturated heterocycles. The SMILES string of the molecule is CCC1(CN2CCC3CCCCC3C2)CCNC1. The smallest absolute Gasteiger partial charge is 0.00506 e. The van der Waals surface area contributed by atoms with Crippen molar-refractivity contribution in [3.8, 4) is 0 Å². The summed E-state index contributed by atoms with van der Waals surface area (Å²) in [6.45, 7) is 9.04. The van der Waals surface area contributed by atoms with Gasteiger partial charge in [0, 0.05) is 19.6 Å². The Kier molecular flexibility index (Phi) is 3.95. The second-order valence-corrected chi connectivity index (χ2v) is 7.11. The quantitative estimate of drug-likeness (QED) is 0.828. The lowest BCUT2D eigenvalue weighted by Gasteiger charge is -2.44. The summed E-state index contributed by atoms with van der Waals surface area (Å²) in [7, 11) is 0. The van der Waals surface area contributed by atoms with Crippen LogP contribution in [0.3, 0.4) is 0 Å². The highest BCUT2D eigenvalue weighted by Crippen LogP contribution is 2.38. The average Bonchev–Trinajstić information content (AvgIpc) is 2.88. The highest BCUT2D eigenvalue weighted by atomic mass is 15.2. The molecule has 18 heavy (non-hydrogen) atoms. The number of hydrogen-bond acceptors (Lipinski definition) is 2. The number of rotatable bonds is 3. The minimum Gasteiger partial charge on any atom is -0.316 e. The van der Waals surface area contributed by atoms with E-state index in [1.54, 1.807) is 0 Å². The average molecular weight is 250 g/mol. The van der Waals surface area contributed by atoms with Crippen LogP contribution in [-0.4, -0.2) is 37.6 Å². The lowest BCUT2D eigenvalue weighted by Crippen LogP contribution is -2.47. The molecule has 1 aliphatic carbocycles. The van der Waals surface area contributed by atoms with Crippen LogP contribution >= 0.6 is 0 Å². The van der Waals surface area contributed by atoms with E-state index in [0.717, 1.165) is 11.8 Å². The Hall–Kier alpha value is -0.0800. The first-order chi connectivity index (χ1) is 8.81. The number of hydrogen-bond donors (Lipinski definition) is 1. The third-order valence-corrected chi connectivity index (χ3v) is 6.02. The van der Waals surface area contributed by atoms with Gasteiger partial charge in [-0.05, 0) is 56.0 Å². The molecule has 2 heterocycles. The Bertz CT molecular complexity index is 270. The molecule has 0 spiro atoms. The Labute approximate surface area is 113 Å². The molecule has 3 fully saturated rings. The van der Waals surface area contributed by atoms with E-state index in [9.17, 15) is 0 Å². The topological polar surface area (TPSA) is 15.3 Å². The summed E-state index contributed by atoms with van der Waals surface area (Å²) in [5.74, 6) is 2.12.